The van der Waals surface area contributed by atoms with Crippen LogP contribution in [-0.4, -0.2) is 70.7 Å². The Morgan fingerprint density at radius 2 is 1.88 bits per heavy atom. The molecule has 0 aromatic rings. The summed E-state index contributed by atoms with van der Waals surface area (Å²) in [7, 11) is 1.46. The smallest absolute Gasteiger partial charge is 0.209 e. The molecule has 8 nitrogen and oxygen atoms in total. The Morgan fingerprint density at radius 1 is 1.25 bits per heavy atom. The third-order valence-corrected chi connectivity index (χ3v) is 4.11. The molecule has 0 spiro atoms. The van der Waals surface area contributed by atoms with Crippen LogP contribution in [-0.2, 0) is 14.6 Å². The lowest BCUT2D eigenvalue weighted by Crippen LogP contribution is -2.62. The fourth-order valence-corrected chi connectivity index (χ4v) is 2.37. The average molecular weight is 348 g/mol. The first-order valence-electron chi connectivity index (χ1n) is 8.26. The number of rotatable bonds is 7. The van der Waals surface area contributed by atoms with Crippen molar-refractivity contribution in [2.45, 2.75) is 70.2 Å². The van der Waals surface area contributed by atoms with E-state index in [1.54, 1.807) is 0 Å². The van der Waals surface area contributed by atoms with Crippen LogP contribution < -0.4 is 5.32 Å². The summed E-state index contributed by atoms with van der Waals surface area (Å²) >= 11 is 0. The molecule has 0 saturated carbocycles. The summed E-state index contributed by atoms with van der Waals surface area (Å²) in [6.07, 6.45) is -1.13. The van der Waals surface area contributed by atoms with Gasteiger partial charge in [-0.25, -0.2) is 9.90 Å². The molecule has 1 radical (unpaired) electrons. The highest BCUT2D eigenvalue weighted by atomic mass is 16.6. The van der Waals surface area contributed by atoms with E-state index >= 15 is 0 Å². The highest BCUT2D eigenvalue weighted by Gasteiger charge is 2.45. The van der Waals surface area contributed by atoms with Crippen LogP contribution >= 0.6 is 0 Å². The van der Waals surface area contributed by atoms with Crippen LogP contribution in [0.4, 0.5) is 0 Å². The van der Waals surface area contributed by atoms with Gasteiger partial charge in [0.05, 0.1) is 12.6 Å². The predicted molar refractivity (Wildman–Crippen MR) is 86.4 cm³/mol. The zero-order chi connectivity index (χ0) is 18.7. The van der Waals surface area contributed by atoms with Crippen LogP contribution in [0.25, 0.3) is 0 Å². The van der Waals surface area contributed by atoms with Gasteiger partial charge in [-0.1, -0.05) is 33.1 Å². The Kier molecular flexibility index (Phi) is 11.9. The summed E-state index contributed by atoms with van der Waals surface area (Å²) in [4.78, 5) is 10.1. The van der Waals surface area contributed by atoms with Gasteiger partial charge in [0, 0.05) is 0 Å². The number of unbranched alkanes of at least 4 members (excludes halogenated alkanes) is 1. The first-order valence-corrected chi connectivity index (χ1v) is 8.26. The molecule has 0 bridgehead atoms. The van der Waals surface area contributed by atoms with Crippen LogP contribution in [0.2, 0.25) is 0 Å². The lowest BCUT2D eigenvalue weighted by Gasteiger charge is -2.39. The van der Waals surface area contributed by atoms with Gasteiger partial charge in [0.2, 0.25) is 5.76 Å². The monoisotopic (exact) mass is 348 g/mol. The van der Waals surface area contributed by atoms with Crippen molar-refractivity contribution in [3.05, 3.63) is 5.76 Å². The Labute approximate surface area is 142 Å². The molecule has 6 atom stereocenters. The summed E-state index contributed by atoms with van der Waals surface area (Å²) in [5.41, 5.74) is 0. The van der Waals surface area contributed by atoms with Gasteiger partial charge in [-0.2, -0.15) is 0 Å². The van der Waals surface area contributed by atoms with Crippen molar-refractivity contribution < 1.29 is 35.1 Å². The van der Waals surface area contributed by atoms with Crippen molar-refractivity contribution >= 4 is 5.94 Å². The number of likely N-dealkylation sites (N-methyl/N-ethyl adjacent to an activating group) is 1. The topological polar surface area (TPSA) is 139 Å². The third kappa shape index (κ3) is 6.86. The summed E-state index contributed by atoms with van der Waals surface area (Å²) in [6.45, 7) is 4.38. The minimum atomic E-state index is -1.51. The van der Waals surface area contributed by atoms with E-state index in [0.29, 0.717) is 5.92 Å². The van der Waals surface area contributed by atoms with E-state index in [9.17, 15) is 25.2 Å². The molecule has 0 aromatic carbocycles. The Bertz CT molecular complexity index is 383. The molecular weight excluding hydrogens is 318 g/mol. The maximum atomic E-state index is 10.4. The number of aliphatic hydroxyl groups is 4. The summed E-state index contributed by atoms with van der Waals surface area (Å²) in [5.74, 6) is 0.689. The minimum absolute atomic E-state index is 0.122. The van der Waals surface area contributed by atoms with Crippen molar-refractivity contribution in [3.63, 3.8) is 0 Å². The fraction of sp³-hybridized carbons (Fsp3) is 0.875. The molecule has 5 N–H and O–H groups in total. The predicted octanol–water partition coefficient (Wildman–Crippen LogP) is -0.0798. The molecule has 24 heavy (non-hydrogen) atoms. The number of hydrogen-bond acceptors (Lipinski definition) is 7. The number of carbonyl (C=O) groups excluding carboxylic acids is 1. The van der Waals surface area contributed by atoms with Gasteiger partial charge in [0.15, 0.2) is 18.3 Å². The molecular formula is C16H30NO7. The van der Waals surface area contributed by atoms with Gasteiger partial charge in [-0.3, -0.25) is 0 Å². The second kappa shape index (κ2) is 12.4. The lowest BCUT2D eigenvalue weighted by atomic mass is 9.96. The van der Waals surface area contributed by atoms with Crippen LogP contribution in [0.3, 0.4) is 0 Å². The number of nitrogens with one attached hydrogen (secondary N) is 1. The van der Waals surface area contributed by atoms with Gasteiger partial charge in [0.1, 0.15) is 12.2 Å². The second-order valence-electron chi connectivity index (χ2n) is 5.81. The molecule has 0 aliphatic carbocycles. The van der Waals surface area contributed by atoms with Crippen molar-refractivity contribution in [2.24, 2.45) is 5.92 Å². The molecule has 1 aliphatic heterocycles. The molecule has 1 rings (SSSR count). The SMILES string of the molecule is CCCCC(CC)C[O].CN[C@H]1C(O)O[C@H](C(O)=C=O)[C@@H](O)[C@@H]1O. The minimum Gasteiger partial charge on any atom is -0.500 e. The van der Waals surface area contributed by atoms with Gasteiger partial charge in [-0.05, 0) is 19.4 Å². The average Bonchev–Trinajstić information content (AvgIpc) is 2.59. The number of hydrogen-bond donors (Lipinski definition) is 5. The van der Waals surface area contributed by atoms with E-state index in [4.69, 9.17) is 9.84 Å². The molecule has 1 heterocycles. The lowest BCUT2D eigenvalue weighted by molar-refractivity contribution is -0.242. The molecule has 1 fully saturated rings. The molecule has 141 valence electrons. The maximum Gasteiger partial charge on any atom is 0.209 e. The zero-order valence-corrected chi connectivity index (χ0v) is 14.5. The van der Waals surface area contributed by atoms with E-state index in [-0.39, 0.29) is 6.61 Å². The van der Waals surface area contributed by atoms with Gasteiger partial charge >= 0.3 is 0 Å². The van der Waals surface area contributed by atoms with Crippen molar-refractivity contribution in [3.8, 4) is 0 Å². The zero-order valence-electron chi connectivity index (χ0n) is 14.5. The van der Waals surface area contributed by atoms with Crippen molar-refractivity contribution in [1.29, 1.82) is 0 Å². The summed E-state index contributed by atoms with van der Waals surface area (Å²) in [5, 5.41) is 50.3. The standard InChI is InChI=1S/C8H13NO6.C8H17O/c1-9-4-5(12)6(13)7(3(11)2-10)15-8(4)14;1-3-5-6-8(4-2)7-9/h4-9,11-14H,1H3;8H,3-7H2,1-2H3/t4-,5-,6+,7-,8?;/m1./s1. The first kappa shape index (κ1) is 23.0. The normalized spacial score (nSPS) is 30.7. The van der Waals surface area contributed by atoms with Crippen LogP contribution in [0, 0.1) is 5.92 Å². The molecule has 1 saturated heterocycles. The van der Waals surface area contributed by atoms with Crippen LogP contribution in [0.1, 0.15) is 39.5 Å². The van der Waals surface area contributed by atoms with Crippen molar-refractivity contribution in [2.75, 3.05) is 13.7 Å². The summed E-state index contributed by atoms with van der Waals surface area (Å²) < 4.78 is 4.76. The third-order valence-electron chi connectivity index (χ3n) is 4.11. The van der Waals surface area contributed by atoms with Gasteiger partial charge in [-0.15, -0.1) is 0 Å². The Morgan fingerprint density at radius 3 is 2.29 bits per heavy atom. The van der Waals surface area contributed by atoms with E-state index in [1.165, 1.54) is 19.9 Å². The quantitative estimate of drug-likeness (QED) is 0.320. The highest BCUT2D eigenvalue weighted by molar-refractivity contribution is 5.50. The Hall–Kier alpha value is -0.990. The molecule has 0 aromatic heterocycles. The fourth-order valence-electron chi connectivity index (χ4n) is 2.37. The van der Waals surface area contributed by atoms with Crippen molar-refractivity contribution in [1.82, 2.24) is 5.32 Å². The first-order chi connectivity index (χ1) is 11.4. The van der Waals surface area contributed by atoms with E-state index in [1.807, 2.05) is 0 Å². The molecule has 2 unspecified atom stereocenters. The number of ether oxygens (including phenoxy) is 1. The second-order valence-corrected chi connectivity index (χ2v) is 5.81. The van der Waals surface area contributed by atoms with Crippen LogP contribution in [0.5, 0.6) is 0 Å². The summed E-state index contributed by atoms with van der Waals surface area (Å²) in [6, 6.07) is -0.893. The Balaban J connectivity index is 0.000000506. The highest BCUT2D eigenvalue weighted by Crippen LogP contribution is 2.22. The van der Waals surface area contributed by atoms with Gasteiger partial charge in [0.25, 0.3) is 0 Å². The maximum absolute atomic E-state index is 10.4. The van der Waals surface area contributed by atoms with Gasteiger partial charge < -0.3 is 30.5 Å². The largest absolute Gasteiger partial charge is 0.500 e. The van der Waals surface area contributed by atoms with E-state index in [0.717, 1.165) is 18.8 Å². The van der Waals surface area contributed by atoms with E-state index in [2.05, 4.69) is 19.2 Å². The molecule has 1 aliphatic rings. The molecule has 8 heteroatoms. The van der Waals surface area contributed by atoms with E-state index < -0.39 is 36.4 Å². The van der Waals surface area contributed by atoms with Crippen LogP contribution in [0.15, 0.2) is 5.76 Å². The molecule has 0 amide bonds. The number of aliphatic hydroxyl groups excluding tert-OH is 4.